The van der Waals surface area contributed by atoms with Crippen LogP contribution in [0.25, 0.3) is 0 Å². The highest BCUT2D eigenvalue weighted by atomic mass is 16.5. The van der Waals surface area contributed by atoms with Crippen LogP contribution in [0.5, 0.6) is 0 Å². The van der Waals surface area contributed by atoms with Crippen LogP contribution < -0.4 is 0 Å². The van der Waals surface area contributed by atoms with Crippen molar-refractivity contribution < 1.29 is 24.2 Å². The van der Waals surface area contributed by atoms with Gasteiger partial charge in [-0.05, 0) is 31.6 Å². The first kappa shape index (κ1) is 14.3. The van der Waals surface area contributed by atoms with Gasteiger partial charge in [-0.2, -0.15) is 0 Å². The van der Waals surface area contributed by atoms with Crippen LogP contribution in [0, 0.1) is 5.92 Å². The van der Waals surface area contributed by atoms with E-state index in [0.717, 1.165) is 12.8 Å². The molecule has 1 saturated carbocycles. The summed E-state index contributed by atoms with van der Waals surface area (Å²) in [5.74, 6) is -0.958. The molecule has 2 unspecified atom stereocenters. The van der Waals surface area contributed by atoms with Crippen molar-refractivity contribution >= 4 is 11.9 Å². The lowest BCUT2D eigenvalue weighted by Gasteiger charge is -2.36. The Balaban J connectivity index is 2.20. The fourth-order valence-electron chi connectivity index (χ4n) is 2.92. The first-order chi connectivity index (χ1) is 9.06. The summed E-state index contributed by atoms with van der Waals surface area (Å²) in [6.07, 6.45) is 2.56. The molecule has 0 spiro atoms. The van der Waals surface area contributed by atoms with Crippen LogP contribution in [0.15, 0.2) is 0 Å². The first-order valence-electron chi connectivity index (χ1n) is 6.63. The second-order valence-corrected chi connectivity index (χ2v) is 5.36. The van der Waals surface area contributed by atoms with Crippen LogP contribution in [0.1, 0.15) is 25.7 Å². The van der Waals surface area contributed by atoms with E-state index in [-0.39, 0.29) is 18.4 Å². The minimum absolute atomic E-state index is 0.0230. The van der Waals surface area contributed by atoms with Crippen LogP contribution in [-0.2, 0) is 19.1 Å². The second-order valence-electron chi connectivity index (χ2n) is 5.36. The topological polar surface area (TPSA) is 76.1 Å². The number of rotatable bonds is 6. The number of aliphatic carboxylic acids is 1. The highest BCUT2D eigenvalue weighted by molar-refractivity contribution is 5.90. The third-order valence-corrected chi connectivity index (χ3v) is 4.08. The molecule has 6 heteroatoms. The number of carbonyl (C=O) groups excluding carboxylic acids is 1. The summed E-state index contributed by atoms with van der Waals surface area (Å²) < 4.78 is 10.3. The van der Waals surface area contributed by atoms with Gasteiger partial charge in [0, 0.05) is 20.8 Å². The summed E-state index contributed by atoms with van der Waals surface area (Å²) in [4.78, 5) is 25.6. The summed E-state index contributed by atoms with van der Waals surface area (Å²) >= 11 is 0. The van der Waals surface area contributed by atoms with Gasteiger partial charge in [0.05, 0.1) is 6.61 Å². The van der Waals surface area contributed by atoms with E-state index in [1.807, 2.05) is 0 Å². The highest BCUT2D eigenvalue weighted by Gasteiger charge is 2.53. The molecular formula is C13H21NO5. The van der Waals surface area contributed by atoms with E-state index in [1.165, 1.54) is 19.1 Å². The molecule has 2 aliphatic rings. The molecule has 108 valence electrons. The van der Waals surface area contributed by atoms with Gasteiger partial charge in [-0.15, -0.1) is 0 Å². The molecule has 2 atom stereocenters. The Morgan fingerprint density at radius 3 is 2.58 bits per heavy atom. The monoisotopic (exact) mass is 271 g/mol. The van der Waals surface area contributed by atoms with E-state index < -0.39 is 17.6 Å². The van der Waals surface area contributed by atoms with Crippen molar-refractivity contribution in [1.82, 2.24) is 4.90 Å². The number of carboxylic acids is 1. The van der Waals surface area contributed by atoms with Crippen molar-refractivity contribution in [3.8, 4) is 0 Å². The fraction of sp³-hybridized carbons (Fsp3) is 0.846. The average molecular weight is 271 g/mol. The van der Waals surface area contributed by atoms with Crippen LogP contribution in [-0.4, -0.2) is 60.9 Å². The SMILES string of the molecule is COCC1(C(=O)O)CCCN1C(=O)C(OC)C1CC1. The summed E-state index contributed by atoms with van der Waals surface area (Å²) in [5, 5.41) is 9.51. The van der Waals surface area contributed by atoms with Crippen molar-refractivity contribution in [3.63, 3.8) is 0 Å². The van der Waals surface area contributed by atoms with Gasteiger partial charge in [0.15, 0.2) is 5.54 Å². The Bertz CT molecular complexity index is 368. The molecule has 1 amide bonds. The molecule has 0 aromatic heterocycles. The third kappa shape index (κ3) is 2.47. The van der Waals surface area contributed by atoms with Gasteiger partial charge >= 0.3 is 5.97 Å². The third-order valence-electron chi connectivity index (χ3n) is 4.08. The lowest BCUT2D eigenvalue weighted by Crippen LogP contribution is -2.58. The number of carboxylic acid groups (broad SMARTS) is 1. The van der Waals surface area contributed by atoms with E-state index in [4.69, 9.17) is 9.47 Å². The Morgan fingerprint density at radius 2 is 2.11 bits per heavy atom. The Labute approximate surface area is 112 Å². The second kappa shape index (κ2) is 5.46. The number of hydrogen-bond donors (Lipinski definition) is 1. The molecule has 0 radical (unpaired) electrons. The van der Waals surface area contributed by atoms with Crippen molar-refractivity contribution in [3.05, 3.63) is 0 Å². The van der Waals surface area contributed by atoms with Gasteiger partial charge in [0.25, 0.3) is 5.91 Å². The number of amides is 1. The molecular weight excluding hydrogens is 250 g/mol. The average Bonchev–Trinajstić information content (AvgIpc) is 3.10. The number of likely N-dealkylation sites (tertiary alicyclic amines) is 1. The molecule has 6 nitrogen and oxygen atoms in total. The Kier molecular flexibility index (Phi) is 4.10. The zero-order valence-corrected chi connectivity index (χ0v) is 11.4. The Hall–Kier alpha value is -1.14. The summed E-state index contributed by atoms with van der Waals surface area (Å²) in [6, 6.07) is 0. The smallest absolute Gasteiger partial charge is 0.332 e. The lowest BCUT2D eigenvalue weighted by atomic mass is 9.96. The minimum Gasteiger partial charge on any atom is -0.479 e. The summed E-state index contributed by atoms with van der Waals surface area (Å²) in [7, 11) is 2.97. The molecule has 2 rings (SSSR count). The van der Waals surface area contributed by atoms with Crippen molar-refractivity contribution in [2.24, 2.45) is 5.92 Å². The molecule has 1 aliphatic heterocycles. The predicted octanol–water partition coefficient (Wildman–Crippen LogP) is 0.504. The van der Waals surface area contributed by atoms with Crippen LogP contribution in [0.2, 0.25) is 0 Å². The molecule has 1 aliphatic carbocycles. The van der Waals surface area contributed by atoms with E-state index >= 15 is 0 Å². The quantitative estimate of drug-likeness (QED) is 0.761. The number of hydrogen-bond acceptors (Lipinski definition) is 4. The standard InChI is InChI=1S/C13H21NO5/c1-18-8-13(12(16)17)6-3-7-14(13)11(15)10(19-2)9-4-5-9/h9-10H,3-8H2,1-2H3,(H,16,17). The zero-order valence-electron chi connectivity index (χ0n) is 11.4. The Morgan fingerprint density at radius 1 is 1.42 bits per heavy atom. The normalized spacial score (nSPS) is 28.4. The first-order valence-corrected chi connectivity index (χ1v) is 6.63. The number of nitrogens with zero attached hydrogens (tertiary/aromatic N) is 1. The molecule has 1 heterocycles. The molecule has 2 fully saturated rings. The van der Waals surface area contributed by atoms with E-state index in [1.54, 1.807) is 0 Å². The summed E-state index contributed by atoms with van der Waals surface area (Å²) in [5.41, 5.74) is -1.22. The van der Waals surface area contributed by atoms with E-state index in [9.17, 15) is 14.7 Å². The molecule has 1 saturated heterocycles. The number of carbonyl (C=O) groups is 2. The maximum Gasteiger partial charge on any atom is 0.332 e. The van der Waals surface area contributed by atoms with Crippen LogP contribution in [0.4, 0.5) is 0 Å². The zero-order chi connectivity index (χ0) is 14.0. The van der Waals surface area contributed by atoms with Crippen LogP contribution in [0.3, 0.4) is 0 Å². The number of ether oxygens (including phenoxy) is 2. The van der Waals surface area contributed by atoms with Gasteiger partial charge in [0.2, 0.25) is 0 Å². The van der Waals surface area contributed by atoms with Gasteiger partial charge in [-0.25, -0.2) is 4.79 Å². The summed E-state index contributed by atoms with van der Waals surface area (Å²) in [6.45, 7) is 0.482. The van der Waals surface area contributed by atoms with E-state index in [0.29, 0.717) is 19.4 Å². The van der Waals surface area contributed by atoms with Gasteiger partial charge < -0.3 is 19.5 Å². The highest BCUT2D eigenvalue weighted by Crippen LogP contribution is 2.38. The molecule has 0 aromatic rings. The van der Waals surface area contributed by atoms with Crippen molar-refractivity contribution in [2.45, 2.75) is 37.3 Å². The fourth-order valence-corrected chi connectivity index (χ4v) is 2.92. The largest absolute Gasteiger partial charge is 0.479 e. The van der Waals surface area contributed by atoms with E-state index in [2.05, 4.69) is 0 Å². The van der Waals surface area contributed by atoms with Crippen molar-refractivity contribution in [2.75, 3.05) is 27.4 Å². The molecule has 19 heavy (non-hydrogen) atoms. The maximum absolute atomic E-state index is 12.5. The molecule has 0 aromatic carbocycles. The van der Waals surface area contributed by atoms with Gasteiger partial charge in [-0.1, -0.05) is 0 Å². The van der Waals surface area contributed by atoms with Crippen molar-refractivity contribution in [1.29, 1.82) is 0 Å². The number of methoxy groups -OCH3 is 2. The lowest BCUT2D eigenvalue weighted by molar-refractivity contribution is -0.165. The predicted molar refractivity (Wildman–Crippen MR) is 66.7 cm³/mol. The van der Waals surface area contributed by atoms with Gasteiger partial charge in [0.1, 0.15) is 6.10 Å². The van der Waals surface area contributed by atoms with Crippen LogP contribution >= 0.6 is 0 Å². The minimum atomic E-state index is -1.22. The maximum atomic E-state index is 12.5. The molecule has 1 N–H and O–H groups in total. The molecule has 0 bridgehead atoms. The van der Waals surface area contributed by atoms with Gasteiger partial charge in [-0.3, -0.25) is 4.79 Å².